The zero-order valence-corrected chi connectivity index (χ0v) is 7.81. The van der Waals surface area contributed by atoms with Gasteiger partial charge in [0.05, 0.1) is 12.4 Å². The molecule has 0 fully saturated rings. The molecule has 0 aliphatic rings. The summed E-state index contributed by atoms with van der Waals surface area (Å²) in [6.45, 7) is 9.68. The normalized spacial score (nSPS) is 12.6. The highest BCUT2D eigenvalue weighted by molar-refractivity contribution is 4.91. The molecule has 1 unspecified atom stereocenters. The summed E-state index contributed by atoms with van der Waals surface area (Å²) in [5, 5.41) is 3.12. The molecule has 0 heterocycles. The quantitative estimate of drug-likeness (QED) is 0.593. The Balaban J connectivity index is 3.71. The number of ether oxygens (including phenoxy) is 1. The zero-order valence-electron chi connectivity index (χ0n) is 7.81. The van der Waals surface area contributed by atoms with Crippen LogP contribution >= 0.6 is 0 Å². The molecule has 1 atom stereocenters. The minimum atomic E-state index is 0.458. The molecule has 0 spiro atoms. The van der Waals surface area contributed by atoms with Crippen molar-refractivity contribution in [2.45, 2.75) is 20.3 Å². The van der Waals surface area contributed by atoms with E-state index >= 15 is 0 Å². The van der Waals surface area contributed by atoms with Crippen molar-refractivity contribution in [3.05, 3.63) is 12.3 Å². The minimum Gasteiger partial charge on any atom is -0.499 e. The van der Waals surface area contributed by atoms with Crippen molar-refractivity contribution in [2.24, 2.45) is 5.92 Å². The summed E-state index contributed by atoms with van der Waals surface area (Å²) in [5.74, 6) is 1.37. The highest BCUT2D eigenvalue weighted by Gasteiger charge is 2.09. The van der Waals surface area contributed by atoms with E-state index in [1.165, 1.54) is 0 Å². The summed E-state index contributed by atoms with van der Waals surface area (Å²) < 4.78 is 5.31. The van der Waals surface area contributed by atoms with E-state index in [4.69, 9.17) is 4.74 Å². The van der Waals surface area contributed by atoms with E-state index in [-0.39, 0.29) is 0 Å². The maximum absolute atomic E-state index is 5.31. The van der Waals surface area contributed by atoms with Crippen LogP contribution in [0.4, 0.5) is 0 Å². The van der Waals surface area contributed by atoms with Gasteiger partial charge in [0.15, 0.2) is 0 Å². The van der Waals surface area contributed by atoms with Crippen molar-refractivity contribution in [3.8, 4) is 0 Å². The second-order valence-corrected chi connectivity index (χ2v) is 2.56. The molecule has 0 rings (SSSR count). The average Bonchev–Trinajstić information content (AvgIpc) is 2.00. The number of hydrogen-bond donors (Lipinski definition) is 1. The standard InChI is InChI=1S/C9H19NO/c1-5-9(7-10-4)8(3)11-6-2/h9-10H,3,5-7H2,1-2,4H3. The molecule has 11 heavy (non-hydrogen) atoms. The van der Waals surface area contributed by atoms with E-state index in [9.17, 15) is 0 Å². The SMILES string of the molecule is C=C(OCC)C(CC)CNC. The smallest absolute Gasteiger partial charge is 0.0931 e. The maximum atomic E-state index is 5.31. The highest BCUT2D eigenvalue weighted by atomic mass is 16.5. The molecule has 0 aliphatic carbocycles. The Morgan fingerprint density at radius 1 is 1.55 bits per heavy atom. The molecular weight excluding hydrogens is 138 g/mol. The van der Waals surface area contributed by atoms with Gasteiger partial charge in [-0.1, -0.05) is 13.5 Å². The van der Waals surface area contributed by atoms with Gasteiger partial charge in [-0.2, -0.15) is 0 Å². The Hall–Kier alpha value is -0.500. The minimum absolute atomic E-state index is 0.458. The fourth-order valence-corrected chi connectivity index (χ4v) is 1.04. The second-order valence-electron chi connectivity index (χ2n) is 2.56. The molecule has 0 aromatic rings. The summed E-state index contributed by atoms with van der Waals surface area (Å²) in [5.41, 5.74) is 0. The van der Waals surface area contributed by atoms with Crippen molar-refractivity contribution >= 4 is 0 Å². The average molecular weight is 157 g/mol. The van der Waals surface area contributed by atoms with Crippen LogP contribution in [0.25, 0.3) is 0 Å². The molecule has 0 saturated heterocycles. The van der Waals surface area contributed by atoms with Gasteiger partial charge < -0.3 is 10.1 Å². The predicted molar refractivity (Wildman–Crippen MR) is 48.5 cm³/mol. The van der Waals surface area contributed by atoms with Gasteiger partial charge >= 0.3 is 0 Å². The van der Waals surface area contributed by atoms with E-state index in [0.717, 1.165) is 25.3 Å². The van der Waals surface area contributed by atoms with Gasteiger partial charge in [0.2, 0.25) is 0 Å². The molecule has 0 aliphatic heterocycles. The van der Waals surface area contributed by atoms with Gasteiger partial charge in [-0.05, 0) is 20.4 Å². The first kappa shape index (κ1) is 10.5. The summed E-state index contributed by atoms with van der Waals surface area (Å²) in [6, 6.07) is 0. The van der Waals surface area contributed by atoms with E-state index < -0.39 is 0 Å². The van der Waals surface area contributed by atoms with Crippen LogP contribution in [0.15, 0.2) is 12.3 Å². The zero-order chi connectivity index (χ0) is 8.69. The van der Waals surface area contributed by atoms with Crippen LogP contribution in [0.5, 0.6) is 0 Å². The fraction of sp³-hybridized carbons (Fsp3) is 0.778. The molecule has 0 aromatic carbocycles. The Bertz CT molecular complexity index is 112. The third-order valence-electron chi connectivity index (χ3n) is 1.73. The lowest BCUT2D eigenvalue weighted by Crippen LogP contribution is -2.20. The molecular formula is C9H19NO. The monoisotopic (exact) mass is 157 g/mol. The summed E-state index contributed by atoms with van der Waals surface area (Å²) in [4.78, 5) is 0. The third-order valence-corrected chi connectivity index (χ3v) is 1.73. The summed E-state index contributed by atoms with van der Waals surface area (Å²) in [7, 11) is 1.95. The molecule has 2 heteroatoms. The molecule has 1 N–H and O–H groups in total. The van der Waals surface area contributed by atoms with E-state index in [1.807, 2.05) is 14.0 Å². The van der Waals surface area contributed by atoms with Crippen molar-refractivity contribution < 1.29 is 4.74 Å². The van der Waals surface area contributed by atoms with Crippen LogP contribution in [0.2, 0.25) is 0 Å². The van der Waals surface area contributed by atoms with Crippen molar-refractivity contribution in [1.82, 2.24) is 5.32 Å². The third kappa shape index (κ3) is 4.04. The molecule has 0 radical (unpaired) electrons. The Labute approximate surface area is 69.6 Å². The lowest BCUT2D eigenvalue weighted by Gasteiger charge is -2.16. The molecule has 0 aromatic heterocycles. The van der Waals surface area contributed by atoms with Gasteiger partial charge in [0.25, 0.3) is 0 Å². The number of hydrogen-bond acceptors (Lipinski definition) is 2. The van der Waals surface area contributed by atoms with Crippen LogP contribution in [0.3, 0.4) is 0 Å². The van der Waals surface area contributed by atoms with Crippen LogP contribution < -0.4 is 5.32 Å². The Morgan fingerprint density at radius 2 is 2.18 bits per heavy atom. The van der Waals surface area contributed by atoms with Gasteiger partial charge in [0, 0.05) is 12.5 Å². The first-order valence-corrected chi connectivity index (χ1v) is 4.22. The van der Waals surface area contributed by atoms with Gasteiger partial charge in [0.1, 0.15) is 0 Å². The van der Waals surface area contributed by atoms with Crippen molar-refractivity contribution in [3.63, 3.8) is 0 Å². The lowest BCUT2D eigenvalue weighted by atomic mass is 10.1. The van der Waals surface area contributed by atoms with E-state index in [0.29, 0.717) is 5.92 Å². The lowest BCUT2D eigenvalue weighted by molar-refractivity contribution is 0.189. The highest BCUT2D eigenvalue weighted by Crippen LogP contribution is 2.12. The summed E-state index contributed by atoms with van der Waals surface area (Å²) in [6.07, 6.45) is 1.08. The second kappa shape index (κ2) is 6.23. The first-order valence-electron chi connectivity index (χ1n) is 4.22. The van der Waals surface area contributed by atoms with Crippen molar-refractivity contribution in [1.29, 1.82) is 0 Å². The molecule has 66 valence electrons. The fourth-order valence-electron chi connectivity index (χ4n) is 1.04. The van der Waals surface area contributed by atoms with Gasteiger partial charge in [-0.25, -0.2) is 0 Å². The molecule has 0 amide bonds. The van der Waals surface area contributed by atoms with E-state index in [2.05, 4.69) is 18.8 Å². The number of nitrogens with one attached hydrogen (secondary N) is 1. The van der Waals surface area contributed by atoms with Gasteiger partial charge in [-0.15, -0.1) is 0 Å². The van der Waals surface area contributed by atoms with Crippen LogP contribution in [-0.2, 0) is 4.74 Å². The molecule has 0 bridgehead atoms. The van der Waals surface area contributed by atoms with Gasteiger partial charge in [-0.3, -0.25) is 0 Å². The van der Waals surface area contributed by atoms with Crippen LogP contribution in [0.1, 0.15) is 20.3 Å². The first-order chi connectivity index (χ1) is 5.26. The Kier molecular flexibility index (Phi) is 5.94. The predicted octanol–water partition coefficient (Wildman–Crippen LogP) is 1.78. The van der Waals surface area contributed by atoms with Crippen LogP contribution in [-0.4, -0.2) is 20.2 Å². The largest absolute Gasteiger partial charge is 0.499 e. The summed E-state index contributed by atoms with van der Waals surface area (Å²) >= 11 is 0. The van der Waals surface area contributed by atoms with E-state index in [1.54, 1.807) is 0 Å². The maximum Gasteiger partial charge on any atom is 0.0931 e. The Morgan fingerprint density at radius 3 is 2.55 bits per heavy atom. The molecule has 2 nitrogen and oxygen atoms in total. The molecule has 0 saturated carbocycles. The van der Waals surface area contributed by atoms with Crippen molar-refractivity contribution in [2.75, 3.05) is 20.2 Å². The topological polar surface area (TPSA) is 21.3 Å². The number of rotatable bonds is 6. The van der Waals surface area contributed by atoms with Crippen LogP contribution in [0, 0.1) is 5.92 Å².